The van der Waals surface area contributed by atoms with Crippen molar-refractivity contribution in [2.75, 3.05) is 16.8 Å². The lowest BCUT2D eigenvalue weighted by Gasteiger charge is -2.27. The zero-order chi connectivity index (χ0) is 30.6. The number of anilines is 5. The molecule has 216 valence electrons. The molecular weight excluding hydrogens is 550 g/mol. The fraction of sp³-hybridized carbons (Fsp3) is 0.0244. The summed E-state index contributed by atoms with van der Waals surface area (Å²) in [6, 6.07) is 58.8. The molecule has 0 aliphatic heterocycles. The second-order valence-corrected chi connectivity index (χ2v) is 11.0. The monoisotopic (exact) mass is 581 g/mol. The third-order valence-electron chi connectivity index (χ3n) is 8.25. The zero-order valence-corrected chi connectivity index (χ0v) is 24.9. The molecule has 0 aliphatic carbocycles. The SMILES string of the molecule is CN(c1ccc(-c2ccc(N(c3cccc(-c4ccccc4)c3)c3cccc4ccccc34)cc2)cc1)c1cccc(N=O)c1. The van der Waals surface area contributed by atoms with Crippen LogP contribution in [0.15, 0.2) is 175 Å². The minimum atomic E-state index is 0.417. The molecule has 0 atom stereocenters. The smallest absolute Gasteiger partial charge is 0.110 e. The first-order chi connectivity index (χ1) is 22.2. The molecule has 0 fully saturated rings. The number of benzene rings is 7. The molecule has 0 amide bonds. The van der Waals surface area contributed by atoms with Crippen molar-refractivity contribution in [3.8, 4) is 22.3 Å². The van der Waals surface area contributed by atoms with Gasteiger partial charge >= 0.3 is 0 Å². The van der Waals surface area contributed by atoms with Gasteiger partial charge in [0.15, 0.2) is 0 Å². The number of rotatable bonds is 8. The van der Waals surface area contributed by atoms with Gasteiger partial charge in [-0.3, -0.25) is 0 Å². The van der Waals surface area contributed by atoms with E-state index in [9.17, 15) is 4.91 Å². The molecular formula is C41H31N3O. The largest absolute Gasteiger partial charge is 0.345 e. The summed E-state index contributed by atoms with van der Waals surface area (Å²) < 4.78 is 0. The summed E-state index contributed by atoms with van der Waals surface area (Å²) in [7, 11) is 1.99. The van der Waals surface area contributed by atoms with Gasteiger partial charge in [-0.1, -0.05) is 109 Å². The highest BCUT2D eigenvalue weighted by Gasteiger charge is 2.16. The molecule has 0 aromatic heterocycles. The lowest BCUT2D eigenvalue weighted by molar-refractivity contribution is 1.21. The van der Waals surface area contributed by atoms with Crippen LogP contribution in [0.25, 0.3) is 33.0 Å². The van der Waals surface area contributed by atoms with E-state index in [0.717, 1.165) is 39.6 Å². The van der Waals surface area contributed by atoms with Gasteiger partial charge in [0.2, 0.25) is 0 Å². The Morgan fingerprint density at radius 1 is 0.444 bits per heavy atom. The third kappa shape index (κ3) is 5.69. The van der Waals surface area contributed by atoms with Gasteiger partial charge < -0.3 is 9.80 Å². The molecule has 0 aliphatic rings. The van der Waals surface area contributed by atoms with Gasteiger partial charge in [-0.15, -0.1) is 4.91 Å². The molecule has 4 nitrogen and oxygen atoms in total. The van der Waals surface area contributed by atoms with Crippen LogP contribution in [0.1, 0.15) is 0 Å². The molecule has 0 radical (unpaired) electrons. The topological polar surface area (TPSA) is 35.9 Å². The van der Waals surface area contributed by atoms with E-state index in [1.165, 1.54) is 21.9 Å². The zero-order valence-electron chi connectivity index (χ0n) is 24.9. The van der Waals surface area contributed by atoms with Gasteiger partial charge in [-0.25, -0.2) is 0 Å². The summed E-state index contributed by atoms with van der Waals surface area (Å²) >= 11 is 0. The van der Waals surface area contributed by atoms with E-state index < -0.39 is 0 Å². The van der Waals surface area contributed by atoms with Gasteiger partial charge in [0, 0.05) is 35.2 Å². The van der Waals surface area contributed by atoms with Crippen LogP contribution in [0.3, 0.4) is 0 Å². The predicted octanol–water partition coefficient (Wildman–Crippen LogP) is 11.8. The van der Waals surface area contributed by atoms with Gasteiger partial charge in [0.05, 0.1) is 5.69 Å². The highest BCUT2D eigenvalue weighted by atomic mass is 16.3. The Morgan fingerprint density at radius 2 is 1.02 bits per heavy atom. The highest BCUT2D eigenvalue weighted by Crippen LogP contribution is 2.41. The Kier molecular flexibility index (Phi) is 7.61. The maximum Gasteiger partial charge on any atom is 0.110 e. The van der Waals surface area contributed by atoms with Gasteiger partial charge in [-0.2, -0.15) is 0 Å². The quantitative estimate of drug-likeness (QED) is 0.167. The molecule has 7 aromatic rings. The second-order valence-electron chi connectivity index (χ2n) is 11.0. The minimum Gasteiger partial charge on any atom is -0.345 e. The molecule has 4 heteroatoms. The summed E-state index contributed by atoms with van der Waals surface area (Å²) in [5.41, 5.74) is 10.3. The summed E-state index contributed by atoms with van der Waals surface area (Å²) in [5.74, 6) is 0. The molecule has 0 unspecified atom stereocenters. The Bertz CT molecular complexity index is 2080. The van der Waals surface area contributed by atoms with Crippen LogP contribution in [-0.2, 0) is 0 Å². The maximum absolute atomic E-state index is 11.0. The molecule has 7 aromatic carbocycles. The molecule has 0 saturated carbocycles. The first kappa shape index (κ1) is 27.8. The number of nitroso groups, excluding NO2 is 1. The standard InChI is InChI=1S/C41H31N3O/c1-43(38-16-9-15-35(29-38)42-45)36-24-20-31(21-25-36)32-22-26-37(27-23-32)44(41-19-8-13-33-12-5-6-18-40(33)41)39-17-7-14-34(28-39)30-10-3-2-4-11-30/h2-29H,1H3. The average Bonchev–Trinajstić information content (AvgIpc) is 3.12. The summed E-state index contributed by atoms with van der Waals surface area (Å²) in [6.07, 6.45) is 0. The normalized spacial score (nSPS) is 10.9. The lowest BCUT2D eigenvalue weighted by Crippen LogP contribution is -2.10. The first-order valence-electron chi connectivity index (χ1n) is 15.0. The minimum absolute atomic E-state index is 0.417. The number of fused-ring (bicyclic) bond motifs is 1. The fourth-order valence-electron chi connectivity index (χ4n) is 5.87. The van der Waals surface area contributed by atoms with Gasteiger partial charge in [-0.05, 0) is 93.5 Å². The Hall–Kier alpha value is -6.00. The van der Waals surface area contributed by atoms with Gasteiger partial charge in [0.25, 0.3) is 0 Å². The van der Waals surface area contributed by atoms with Crippen molar-refractivity contribution in [2.24, 2.45) is 5.18 Å². The van der Waals surface area contributed by atoms with E-state index in [1.54, 1.807) is 12.1 Å². The number of hydrogen-bond acceptors (Lipinski definition) is 4. The third-order valence-corrected chi connectivity index (χ3v) is 8.25. The van der Waals surface area contributed by atoms with Crippen molar-refractivity contribution in [1.82, 2.24) is 0 Å². The first-order valence-corrected chi connectivity index (χ1v) is 15.0. The van der Waals surface area contributed by atoms with Crippen molar-refractivity contribution < 1.29 is 0 Å². The Labute approximate surface area is 263 Å². The van der Waals surface area contributed by atoms with E-state index >= 15 is 0 Å². The van der Waals surface area contributed by atoms with Crippen molar-refractivity contribution >= 4 is 44.9 Å². The van der Waals surface area contributed by atoms with Crippen LogP contribution in [-0.4, -0.2) is 7.05 Å². The number of nitrogens with zero attached hydrogens (tertiary/aromatic N) is 3. The van der Waals surface area contributed by atoms with E-state index in [1.807, 2.05) is 24.1 Å². The van der Waals surface area contributed by atoms with E-state index in [4.69, 9.17) is 0 Å². The summed E-state index contributed by atoms with van der Waals surface area (Å²) in [4.78, 5) is 15.4. The molecule has 0 spiro atoms. The molecule has 0 heterocycles. The molecule has 0 N–H and O–H groups in total. The molecule has 0 bridgehead atoms. The van der Waals surface area contributed by atoms with Crippen molar-refractivity contribution in [1.29, 1.82) is 0 Å². The maximum atomic E-state index is 11.0. The van der Waals surface area contributed by atoms with Gasteiger partial charge in [0.1, 0.15) is 5.69 Å². The van der Waals surface area contributed by atoms with E-state index in [0.29, 0.717) is 5.69 Å². The van der Waals surface area contributed by atoms with Crippen molar-refractivity contribution in [3.63, 3.8) is 0 Å². The summed E-state index contributed by atoms with van der Waals surface area (Å²) in [5, 5.41) is 5.47. The summed E-state index contributed by atoms with van der Waals surface area (Å²) in [6.45, 7) is 0. The van der Waals surface area contributed by atoms with Crippen LogP contribution in [0.2, 0.25) is 0 Å². The van der Waals surface area contributed by atoms with Crippen LogP contribution in [0.5, 0.6) is 0 Å². The van der Waals surface area contributed by atoms with Crippen molar-refractivity contribution in [2.45, 2.75) is 0 Å². The molecule has 45 heavy (non-hydrogen) atoms. The van der Waals surface area contributed by atoms with Crippen LogP contribution in [0, 0.1) is 4.91 Å². The Morgan fingerprint density at radius 3 is 1.78 bits per heavy atom. The molecule has 0 saturated heterocycles. The lowest BCUT2D eigenvalue weighted by atomic mass is 10.0. The van der Waals surface area contributed by atoms with Crippen LogP contribution < -0.4 is 9.80 Å². The van der Waals surface area contributed by atoms with Crippen LogP contribution >= 0.6 is 0 Å². The highest BCUT2D eigenvalue weighted by molar-refractivity contribution is 5.99. The van der Waals surface area contributed by atoms with E-state index in [-0.39, 0.29) is 0 Å². The average molecular weight is 582 g/mol. The predicted molar refractivity (Wildman–Crippen MR) is 189 cm³/mol. The second kappa shape index (κ2) is 12.3. The fourth-order valence-corrected chi connectivity index (χ4v) is 5.87. The number of hydrogen-bond donors (Lipinski definition) is 0. The van der Waals surface area contributed by atoms with E-state index in [2.05, 4.69) is 156 Å². The Balaban J connectivity index is 1.24. The molecule has 7 rings (SSSR count). The van der Waals surface area contributed by atoms with Crippen LogP contribution in [0.4, 0.5) is 34.1 Å². The van der Waals surface area contributed by atoms with Crippen molar-refractivity contribution in [3.05, 3.63) is 175 Å².